The van der Waals surface area contributed by atoms with Crippen LogP contribution in [0.25, 0.3) is 0 Å². The fourth-order valence-electron chi connectivity index (χ4n) is 3.19. The fourth-order valence-corrected chi connectivity index (χ4v) is 3.19. The van der Waals surface area contributed by atoms with Crippen molar-refractivity contribution in [2.45, 2.75) is 65.2 Å². The lowest BCUT2D eigenvalue weighted by molar-refractivity contribution is 0.194. The number of hydrogen-bond donors (Lipinski definition) is 0. The van der Waals surface area contributed by atoms with Crippen molar-refractivity contribution in [2.24, 2.45) is 17.3 Å². The topological polar surface area (TPSA) is 0 Å². The highest BCUT2D eigenvalue weighted by Crippen LogP contribution is 2.58. The van der Waals surface area contributed by atoms with E-state index in [0.717, 1.165) is 17.3 Å². The summed E-state index contributed by atoms with van der Waals surface area (Å²) < 4.78 is 0. The summed E-state index contributed by atoms with van der Waals surface area (Å²) in [6.45, 7) is 4.79. The van der Waals surface area contributed by atoms with Gasteiger partial charge in [0.05, 0.1) is 0 Å². The van der Waals surface area contributed by atoms with Gasteiger partial charge >= 0.3 is 0 Å². The molecule has 2 saturated carbocycles. The van der Waals surface area contributed by atoms with E-state index in [4.69, 9.17) is 0 Å². The maximum Gasteiger partial charge on any atom is -0.0297 e. The second-order valence-corrected chi connectivity index (χ2v) is 5.60. The SMILES string of the molecule is CCCC(C)C1CCC2(CC1)CC2. The lowest BCUT2D eigenvalue weighted by atomic mass is 9.74. The molecule has 1 unspecified atom stereocenters. The van der Waals surface area contributed by atoms with Gasteiger partial charge in [-0.3, -0.25) is 0 Å². The molecule has 0 aliphatic heterocycles. The van der Waals surface area contributed by atoms with E-state index in [1.807, 2.05) is 0 Å². The molecule has 13 heavy (non-hydrogen) atoms. The van der Waals surface area contributed by atoms with Gasteiger partial charge < -0.3 is 0 Å². The first-order valence-corrected chi connectivity index (χ1v) is 6.26. The van der Waals surface area contributed by atoms with Crippen LogP contribution in [0.1, 0.15) is 65.2 Å². The Bertz CT molecular complexity index is 157. The van der Waals surface area contributed by atoms with Crippen molar-refractivity contribution in [3.05, 3.63) is 0 Å². The zero-order valence-corrected chi connectivity index (χ0v) is 9.31. The maximum absolute atomic E-state index is 2.47. The molecule has 0 saturated heterocycles. The smallest absolute Gasteiger partial charge is 0.0297 e. The van der Waals surface area contributed by atoms with Crippen LogP contribution in [0.5, 0.6) is 0 Å². The van der Waals surface area contributed by atoms with Crippen LogP contribution in [0.3, 0.4) is 0 Å². The van der Waals surface area contributed by atoms with Gasteiger partial charge in [-0.2, -0.15) is 0 Å². The Kier molecular flexibility index (Phi) is 2.67. The Morgan fingerprint density at radius 1 is 1.15 bits per heavy atom. The first kappa shape index (κ1) is 9.55. The van der Waals surface area contributed by atoms with Crippen LogP contribution in [0.2, 0.25) is 0 Å². The minimum Gasteiger partial charge on any atom is -0.0654 e. The predicted molar refractivity (Wildman–Crippen MR) is 57.7 cm³/mol. The molecule has 2 rings (SSSR count). The first-order chi connectivity index (χ1) is 6.26. The Morgan fingerprint density at radius 3 is 2.23 bits per heavy atom. The summed E-state index contributed by atoms with van der Waals surface area (Å²) in [5.74, 6) is 2.08. The van der Waals surface area contributed by atoms with E-state index < -0.39 is 0 Å². The zero-order chi connectivity index (χ0) is 9.31. The van der Waals surface area contributed by atoms with Crippen LogP contribution < -0.4 is 0 Å². The van der Waals surface area contributed by atoms with Crippen LogP contribution in [0, 0.1) is 17.3 Å². The predicted octanol–water partition coefficient (Wildman–Crippen LogP) is 4.39. The van der Waals surface area contributed by atoms with Gasteiger partial charge in [0, 0.05) is 0 Å². The monoisotopic (exact) mass is 180 g/mol. The van der Waals surface area contributed by atoms with E-state index in [1.165, 1.54) is 12.8 Å². The minimum atomic E-state index is 0.891. The van der Waals surface area contributed by atoms with Gasteiger partial charge in [0.1, 0.15) is 0 Å². The lowest BCUT2D eigenvalue weighted by Gasteiger charge is -2.32. The zero-order valence-electron chi connectivity index (χ0n) is 9.31. The largest absolute Gasteiger partial charge is 0.0654 e. The summed E-state index contributed by atoms with van der Waals surface area (Å²) in [7, 11) is 0. The van der Waals surface area contributed by atoms with E-state index >= 15 is 0 Å². The molecular weight excluding hydrogens is 156 g/mol. The van der Waals surface area contributed by atoms with Gasteiger partial charge in [-0.25, -0.2) is 0 Å². The van der Waals surface area contributed by atoms with Gasteiger partial charge in [-0.05, 0) is 55.8 Å². The van der Waals surface area contributed by atoms with Crippen molar-refractivity contribution < 1.29 is 0 Å². The van der Waals surface area contributed by atoms with Crippen molar-refractivity contribution >= 4 is 0 Å². The summed E-state index contributed by atoms with van der Waals surface area (Å²) in [6, 6.07) is 0. The molecule has 76 valence electrons. The Balaban J connectivity index is 1.76. The third-order valence-corrected chi connectivity index (χ3v) is 4.60. The molecule has 0 heterocycles. The van der Waals surface area contributed by atoms with Gasteiger partial charge in [0.2, 0.25) is 0 Å². The van der Waals surface area contributed by atoms with Crippen molar-refractivity contribution in [3.63, 3.8) is 0 Å². The lowest BCUT2D eigenvalue weighted by Crippen LogP contribution is -2.20. The molecule has 0 nitrogen and oxygen atoms in total. The highest BCUT2D eigenvalue weighted by molar-refractivity contribution is 4.96. The molecule has 0 aromatic heterocycles. The van der Waals surface area contributed by atoms with Crippen molar-refractivity contribution in [1.29, 1.82) is 0 Å². The van der Waals surface area contributed by atoms with E-state index in [0.29, 0.717) is 0 Å². The second-order valence-electron chi connectivity index (χ2n) is 5.60. The molecular formula is C13H24. The molecule has 0 heteroatoms. The van der Waals surface area contributed by atoms with Crippen molar-refractivity contribution in [1.82, 2.24) is 0 Å². The van der Waals surface area contributed by atoms with Crippen LogP contribution in [0.4, 0.5) is 0 Å². The van der Waals surface area contributed by atoms with Crippen molar-refractivity contribution in [2.75, 3.05) is 0 Å². The standard InChI is InChI=1S/C13H24/c1-3-4-11(2)12-5-7-13(8-6-12)9-10-13/h11-12H,3-10H2,1-2H3. The summed E-state index contributed by atoms with van der Waals surface area (Å²) >= 11 is 0. The molecule has 1 spiro atoms. The average molecular weight is 180 g/mol. The number of hydrogen-bond acceptors (Lipinski definition) is 0. The summed E-state index contributed by atoms with van der Waals surface area (Å²) in [5, 5.41) is 0. The van der Waals surface area contributed by atoms with E-state index in [1.54, 1.807) is 38.5 Å². The fraction of sp³-hybridized carbons (Fsp3) is 1.00. The van der Waals surface area contributed by atoms with Gasteiger partial charge in [0.15, 0.2) is 0 Å². The molecule has 0 amide bonds. The van der Waals surface area contributed by atoms with Gasteiger partial charge in [-0.15, -0.1) is 0 Å². The molecule has 0 radical (unpaired) electrons. The van der Waals surface area contributed by atoms with Gasteiger partial charge in [-0.1, -0.05) is 26.7 Å². The molecule has 0 bridgehead atoms. The second kappa shape index (κ2) is 3.63. The third kappa shape index (κ3) is 2.08. The van der Waals surface area contributed by atoms with Crippen LogP contribution >= 0.6 is 0 Å². The maximum atomic E-state index is 2.47. The first-order valence-electron chi connectivity index (χ1n) is 6.26. The molecule has 2 aliphatic carbocycles. The summed E-state index contributed by atoms with van der Waals surface area (Å²) in [4.78, 5) is 0. The normalized spacial score (nSPS) is 29.1. The number of rotatable bonds is 3. The minimum absolute atomic E-state index is 0.891. The summed E-state index contributed by atoms with van der Waals surface area (Å²) in [5.41, 5.74) is 0.891. The molecule has 1 atom stereocenters. The highest BCUT2D eigenvalue weighted by Gasteiger charge is 2.45. The van der Waals surface area contributed by atoms with Crippen LogP contribution in [0.15, 0.2) is 0 Å². The van der Waals surface area contributed by atoms with E-state index in [-0.39, 0.29) is 0 Å². The third-order valence-electron chi connectivity index (χ3n) is 4.60. The van der Waals surface area contributed by atoms with Gasteiger partial charge in [0.25, 0.3) is 0 Å². The van der Waals surface area contributed by atoms with E-state index in [9.17, 15) is 0 Å². The molecule has 0 aromatic carbocycles. The quantitative estimate of drug-likeness (QED) is 0.604. The van der Waals surface area contributed by atoms with E-state index in [2.05, 4.69) is 13.8 Å². The molecule has 2 aliphatic rings. The van der Waals surface area contributed by atoms with Crippen LogP contribution in [-0.2, 0) is 0 Å². The Hall–Kier alpha value is 0. The molecule has 2 fully saturated rings. The Morgan fingerprint density at radius 2 is 1.77 bits per heavy atom. The average Bonchev–Trinajstić information content (AvgIpc) is 2.87. The molecule has 0 aromatic rings. The highest BCUT2D eigenvalue weighted by atomic mass is 14.5. The van der Waals surface area contributed by atoms with Crippen molar-refractivity contribution in [3.8, 4) is 0 Å². The Labute approximate surface area is 83.1 Å². The van der Waals surface area contributed by atoms with Crippen LogP contribution in [-0.4, -0.2) is 0 Å². The summed E-state index contributed by atoms with van der Waals surface area (Å²) in [6.07, 6.45) is 12.2. The molecule has 0 N–H and O–H groups in total.